The molecule has 2 N–H and O–H groups in total. The molecule has 0 radical (unpaired) electrons. The van der Waals surface area contributed by atoms with E-state index in [0.717, 1.165) is 0 Å². The Labute approximate surface area is 93.3 Å². The third-order valence-electron chi connectivity index (χ3n) is 2.06. The predicted octanol–water partition coefficient (Wildman–Crippen LogP) is 0.554. The van der Waals surface area contributed by atoms with E-state index in [2.05, 4.69) is 4.98 Å². The van der Waals surface area contributed by atoms with Gasteiger partial charge in [-0.15, -0.1) is 0 Å². The van der Waals surface area contributed by atoms with Crippen LogP contribution in [0, 0.1) is 0 Å². The summed E-state index contributed by atoms with van der Waals surface area (Å²) in [5.74, 6) is 1.32. The van der Waals surface area contributed by atoms with Gasteiger partial charge in [-0.2, -0.15) is 0 Å². The molecule has 0 atom stereocenters. The Morgan fingerprint density at radius 3 is 2.00 bits per heavy atom. The minimum absolute atomic E-state index is 0.432. The number of nitrogens with zero attached hydrogens (tertiary/aromatic N) is 1. The summed E-state index contributed by atoms with van der Waals surface area (Å²) in [6.07, 6.45) is 3.28. The lowest BCUT2D eigenvalue weighted by Gasteiger charge is -2.05. The lowest BCUT2D eigenvalue weighted by atomic mass is 9.80. The number of hydrogen-bond acceptors (Lipinski definition) is 4. The van der Waals surface area contributed by atoms with E-state index in [0.29, 0.717) is 17.0 Å². The number of hydrogen-bond donors (Lipinski definition) is 2. The highest BCUT2D eigenvalue weighted by Gasteiger charge is 2.09. The van der Waals surface area contributed by atoms with Crippen molar-refractivity contribution in [2.45, 2.75) is 0 Å². The molecular formula is C11H10BNO3. The van der Waals surface area contributed by atoms with E-state index < -0.39 is 7.12 Å². The van der Waals surface area contributed by atoms with Crippen LogP contribution in [0.25, 0.3) is 0 Å². The number of benzene rings is 1. The second kappa shape index (κ2) is 4.78. The van der Waals surface area contributed by atoms with E-state index in [9.17, 15) is 0 Å². The Bertz CT molecular complexity index is 445. The predicted molar refractivity (Wildman–Crippen MR) is 60.6 cm³/mol. The van der Waals surface area contributed by atoms with Crippen molar-refractivity contribution >= 4 is 12.6 Å². The molecule has 16 heavy (non-hydrogen) atoms. The van der Waals surface area contributed by atoms with Crippen molar-refractivity contribution in [2.24, 2.45) is 0 Å². The highest BCUT2D eigenvalue weighted by molar-refractivity contribution is 6.58. The van der Waals surface area contributed by atoms with Crippen molar-refractivity contribution < 1.29 is 14.8 Å². The molecule has 0 bridgehead atoms. The molecule has 0 aliphatic carbocycles. The topological polar surface area (TPSA) is 62.6 Å². The summed E-state index contributed by atoms with van der Waals surface area (Å²) in [6, 6.07) is 10.0. The van der Waals surface area contributed by atoms with Crippen LogP contribution in [0.1, 0.15) is 0 Å². The smallest absolute Gasteiger partial charge is 0.457 e. The summed E-state index contributed by atoms with van der Waals surface area (Å²) in [7, 11) is -1.45. The maximum atomic E-state index is 8.91. The van der Waals surface area contributed by atoms with Crippen LogP contribution in [0.2, 0.25) is 0 Å². The molecule has 1 aromatic carbocycles. The van der Waals surface area contributed by atoms with Crippen LogP contribution in [-0.4, -0.2) is 22.2 Å². The molecule has 1 aromatic heterocycles. The van der Waals surface area contributed by atoms with E-state index in [-0.39, 0.29) is 0 Å². The molecule has 0 unspecified atom stereocenters. The zero-order valence-electron chi connectivity index (χ0n) is 8.45. The molecule has 0 fully saturated rings. The summed E-state index contributed by atoms with van der Waals surface area (Å²) >= 11 is 0. The van der Waals surface area contributed by atoms with E-state index in [4.69, 9.17) is 14.8 Å². The maximum Gasteiger partial charge on any atom is 0.488 e. The second-order valence-electron chi connectivity index (χ2n) is 3.23. The van der Waals surface area contributed by atoms with Crippen LogP contribution in [0.5, 0.6) is 11.5 Å². The normalized spacial score (nSPS) is 9.88. The largest absolute Gasteiger partial charge is 0.488 e. The molecule has 0 amide bonds. The van der Waals surface area contributed by atoms with Gasteiger partial charge in [-0.25, -0.2) is 0 Å². The van der Waals surface area contributed by atoms with Gasteiger partial charge in [-0.05, 0) is 29.7 Å². The Morgan fingerprint density at radius 2 is 1.44 bits per heavy atom. The average Bonchev–Trinajstić information content (AvgIpc) is 2.31. The van der Waals surface area contributed by atoms with Gasteiger partial charge in [0.15, 0.2) is 0 Å². The highest BCUT2D eigenvalue weighted by Crippen LogP contribution is 2.18. The van der Waals surface area contributed by atoms with Crippen molar-refractivity contribution in [3.8, 4) is 11.5 Å². The van der Waals surface area contributed by atoms with Crippen LogP contribution in [0.4, 0.5) is 0 Å². The van der Waals surface area contributed by atoms with Crippen LogP contribution in [0.15, 0.2) is 48.8 Å². The SMILES string of the molecule is OB(O)c1ccc(Oc2ccncc2)cc1. The second-order valence-corrected chi connectivity index (χ2v) is 3.23. The lowest BCUT2D eigenvalue weighted by molar-refractivity contribution is 0.425. The molecule has 1 heterocycles. The van der Waals surface area contributed by atoms with Gasteiger partial charge in [0.05, 0.1) is 0 Å². The first-order valence-electron chi connectivity index (χ1n) is 4.80. The Balaban J connectivity index is 2.11. The summed E-state index contributed by atoms with van der Waals surface area (Å²) in [5.41, 5.74) is 0.432. The van der Waals surface area contributed by atoms with E-state index in [1.165, 1.54) is 0 Å². The molecule has 0 saturated heterocycles. The van der Waals surface area contributed by atoms with Gasteiger partial charge in [0.2, 0.25) is 0 Å². The summed E-state index contributed by atoms with van der Waals surface area (Å²) < 4.78 is 5.51. The fraction of sp³-hybridized carbons (Fsp3) is 0. The molecule has 4 nitrogen and oxygen atoms in total. The van der Waals surface area contributed by atoms with Gasteiger partial charge in [-0.1, -0.05) is 12.1 Å². The third-order valence-corrected chi connectivity index (χ3v) is 2.06. The summed E-state index contributed by atoms with van der Waals surface area (Å²) in [6.45, 7) is 0. The minimum atomic E-state index is -1.45. The fourth-order valence-electron chi connectivity index (χ4n) is 1.25. The molecule has 0 aliphatic heterocycles. The van der Waals surface area contributed by atoms with Crippen molar-refractivity contribution in [1.29, 1.82) is 0 Å². The van der Waals surface area contributed by atoms with Gasteiger partial charge in [0, 0.05) is 12.4 Å². The van der Waals surface area contributed by atoms with Crippen LogP contribution in [0.3, 0.4) is 0 Å². The first kappa shape index (κ1) is 10.7. The van der Waals surface area contributed by atoms with Gasteiger partial charge in [0.25, 0.3) is 0 Å². The fourth-order valence-corrected chi connectivity index (χ4v) is 1.25. The zero-order valence-corrected chi connectivity index (χ0v) is 8.45. The van der Waals surface area contributed by atoms with E-state index in [1.54, 1.807) is 48.8 Å². The van der Waals surface area contributed by atoms with Crippen LogP contribution >= 0.6 is 0 Å². The Kier molecular flexibility index (Phi) is 3.19. The highest BCUT2D eigenvalue weighted by atomic mass is 16.5. The van der Waals surface area contributed by atoms with Crippen molar-refractivity contribution in [3.05, 3.63) is 48.8 Å². The Hall–Kier alpha value is -1.85. The number of ether oxygens (including phenoxy) is 1. The van der Waals surface area contributed by atoms with E-state index >= 15 is 0 Å². The molecule has 0 spiro atoms. The Morgan fingerprint density at radius 1 is 0.875 bits per heavy atom. The molecule has 5 heteroatoms. The zero-order chi connectivity index (χ0) is 11.4. The standard InChI is InChI=1S/C11H10BNO3/c14-12(15)9-1-3-10(4-2-9)16-11-5-7-13-8-6-11/h1-8,14-15H. The van der Waals surface area contributed by atoms with E-state index in [1.807, 2.05) is 0 Å². The molecule has 0 saturated carbocycles. The van der Waals surface area contributed by atoms with Gasteiger partial charge in [0.1, 0.15) is 11.5 Å². The van der Waals surface area contributed by atoms with Crippen molar-refractivity contribution in [3.63, 3.8) is 0 Å². The third kappa shape index (κ3) is 2.59. The van der Waals surface area contributed by atoms with Crippen LogP contribution in [-0.2, 0) is 0 Å². The number of pyridine rings is 1. The lowest BCUT2D eigenvalue weighted by Crippen LogP contribution is -2.29. The minimum Gasteiger partial charge on any atom is -0.457 e. The quantitative estimate of drug-likeness (QED) is 0.734. The number of aromatic nitrogens is 1. The van der Waals surface area contributed by atoms with Gasteiger partial charge in [-0.3, -0.25) is 4.98 Å². The maximum absolute atomic E-state index is 8.91. The summed E-state index contributed by atoms with van der Waals surface area (Å²) in [5, 5.41) is 17.8. The average molecular weight is 215 g/mol. The molecule has 80 valence electrons. The first-order valence-corrected chi connectivity index (χ1v) is 4.80. The van der Waals surface area contributed by atoms with Crippen molar-refractivity contribution in [1.82, 2.24) is 4.98 Å². The molecule has 0 aliphatic rings. The number of rotatable bonds is 3. The van der Waals surface area contributed by atoms with Gasteiger partial charge < -0.3 is 14.8 Å². The molecule has 2 aromatic rings. The van der Waals surface area contributed by atoms with Gasteiger partial charge >= 0.3 is 7.12 Å². The van der Waals surface area contributed by atoms with Crippen LogP contribution < -0.4 is 10.2 Å². The molecular weight excluding hydrogens is 205 g/mol. The summed E-state index contributed by atoms with van der Waals surface area (Å²) in [4.78, 5) is 3.88. The first-order chi connectivity index (χ1) is 7.75. The monoisotopic (exact) mass is 215 g/mol. The molecule has 2 rings (SSSR count). The van der Waals surface area contributed by atoms with Crippen molar-refractivity contribution in [2.75, 3.05) is 0 Å².